The highest BCUT2D eigenvalue weighted by molar-refractivity contribution is 7.07. The van der Waals surface area contributed by atoms with Crippen molar-refractivity contribution in [1.82, 2.24) is 4.98 Å². The molecule has 2 N–H and O–H groups in total. The van der Waals surface area contributed by atoms with E-state index >= 15 is 0 Å². The number of primary amides is 1. The van der Waals surface area contributed by atoms with Gasteiger partial charge in [-0.15, -0.1) is 11.3 Å². The molecule has 0 saturated carbocycles. The van der Waals surface area contributed by atoms with E-state index in [0.717, 1.165) is 0 Å². The van der Waals surface area contributed by atoms with Crippen molar-refractivity contribution < 1.29 is 4.79 Å². The van der Waals surface area contributed by atoms with Crippen LogP contribution in [0, 0.1) is 5.39 Å². The fraction of sp³-hybridized carbons (Fsp3) is 0. The highest BCUT2D eigenvalue weighted by Crippen LogP contribution is 2.12. The Morgan fingerprint density at radius 3 is 2.47 bits per heavy atom. The zero-order valence-corrected chi connectivity index (χ0v) is 9.62. The van der Waals surface area contributed by atoms with Crippen LogP contribution in [0.4, 0.5) is 10.5 Å². The van der Waals surface area contributed by atoms with E-state index in [2.05, 4.69) is 10.1 Å². The number of carbonyl (C=O) groups excluding carboxylic acids is 1. The predicted molar refractivity (Wildman–Crippen MR) is 65.7 cm³/mol. The molecular formula is C10H10N5OS+. The lowest BCUT2D eigenvalue weighted by atomic mass is 10.3. The van der Waals surface area contributed by atoms with Crippen LogP contribution in [0.1, 0.15) is 0 Å². The molecule has 0 aliphatic rings. The molecule has 1 aromatic carbocycles. The van der Waals surface area contributed by atoms with Crippen molar-refractivity contribution >= 4 is 23.1 Å². The van der Waals surface area contributed by atoms with Crippen LogP contribution in [0.15, 0.2) is 47.4 Å². The van der Waals surface area contributed by atoms with E-state index < -0.39 is 6.03 Å². The number of anilines is 1. The first-order valence-electron chi connectivity index (χ1n) is 4.57. The summed E-state index contributed by atoms with van der Waals surface area (Å²) in [5.41, 5.74) is 7.13. The van der Waals surface area contributed by atoms with Crippen LogP contribution < -0.4 is 10.7 Å². The lowest BCUT2D eigenvalue weighted by molar-refractivity contribution is 0.255. The normalized spacial score (nSPS) is 8.41. The predicted octanol–water partition coefficient (Wildman–Crippen LogP) is 2.48. The lowest BCUT2D eigenvalue weighted by Gasteiger charge is -1.96. The Hall–Kier alpha value is -2.46. The van der Waals surface area contributed by atoms with Gasteiger partial charge >= 0.3 is 11.1 Å². The summed E-state index contributed by atoms with van der Waals surface area (Å²) in [4.78, 5) is 14.4. The van der Waals surface area contributed by atoms with Gasteiger partial charge in [-0.2, -0.15) is 0 Å². The smallest absolute Gasteiger partial charge is 0.346 e. The zero-order valence-electron chi connectivity index (χ0n) is 8.80. The molecule has 0 spiro atoms. The average Bonchev–Trinajstić information content (AvgIpc) is 2.89. The Labute approximate surface area is 102 Å². The molecule has 0 saturated heterocycles. The molecule has 0 aliphatic carbocycles. The number of aromatic nitrogens is 1. The van der Waals surface area contributed by atoms with Crippen LogP contribution in [0.25, 0.3) is 5.08 Å². The summed E-state index contributed by atoms with van der Waals surface area (Å²) in [6.45, 7) is 0. The van der Waals surface area contributed by atoms with E-state index in [1.807, 2.05) is 5.38 Å². The molecule has 0 bridgehead atoms. The fourth-order valence-electron chi connectivity index (χ4n) is 0.968. The van der Waals surface area contributed by atoms with Gasteiger partial charge in [0, 0.05) is 11.6 Å². The number of amides is 2. The monoisotopic (exact) mass is 248 g/mol. The maximum absolute atomic E-state index is 10.6. The summed E-state index contributed by atoms with van der Waals surface area (Å²) in [7, 11) is 0. The molecule has 0 radical (unpaired) electrons. The van der Waals surface area contributed by atoms with Gasteiger partial charge in [0.15, 0.2) is 0 Å². The molecule has 2 aromatic rings. The summed E-state index contributed by atoms with van der Waals surface area (Å²) >= 11 is 1.60. The molecule has 1 heterocycles. The molecule has 17 heavy (non-hydrogen) atoms. The van der Waals surface area contributed by atoms with Crippen molar-refractivity contribution in [3.63, 3.8) is 0 Å². The molecule has 2 rings (SSSR count). The molecule has 2 amide bonds. The second-order valence-electron chi connectivity index (χ2n) is 2.75. The molecular weight excluding hydrogens is 238 g/mol. The van der Waals surface area contributed by atoms with Crippen LogP contribution in [-0.2, 0) is 0 Å². The zero-order chi connectivity index (χ0) is 12.5. The molecule has 1 aromatic heterocycles. The van der Waals surface area contributed by atoms with Crippen molar-refractivity contribution in [2.75, 3.05) is 5.01 Å². The largest absolute Gasteiger partial charge is 0.394 e. The number of thiazole rings is 1. The number of nitrogens with zero attached hydrogens (tertiary/aromatic N) is 4. The average molecular weight is 248 g/mol. The van der Waals surface area contributed by atoms with Crippen molar-refractivity contribution in [1.29, 1.82) is 5.39 Å². The Bertz CT molecular complexity index is 462. The van der Waals surface area contributed by atoms with Gasteiger partial charge in [-0.1, -0.05) is 18.2 Å². The Morgan fingerprint density at radius 1 is 1.41 bits per heavy atom. The Kier molecular flexibility index (Phi) is 5.13. The summed E-state index contributed by atoms with van der Waals surface area (Å²) in [5.74, 6) is 0. The van der Waals surface area contributed by atoms with E-state index in [-0.39, 0.29) is 0 Å². The number of nitrogens with two attached hydrogens (primary N) is 1. The highest BCUT2D eigenvalue weighted by atomic mass is 32.1. The van der Waals surface area contributed by atoms with Gasteiger partial charge in [0.25, 0.3) is 5.39 Å². The minimum absolute atomic E-state index is 0.424. The Morgan fingerprint density at radius 2 is 2.12 bits per heavy atom. The summed E-state index contributed by atoms with van der Waals surface area (Å²) < 4.78 is 0. The molecule has 86 valence electrons. The third-order valence-electron chi connectivity index (χ3n) is 1.65. The fourth-order valence-corrected chi connectivity index (χ4v) is 1.32. The van der Waals surface area contributed by atoms with Gasteiger partial charge in [0.1, 0.15) is 5.69 Å². The van der Waals surface area contributed by atoms with E-state index in [1.54, 1.807) is 53.4 Å². The number of carbonyl (C=O) groups is 1. The third kappa shape index (κ3) is 4.27. The van der Waals surface area contributed by atoms with Gasteiger partial charge in [-0.05, 0) is 12.1 Å². The summed E-state index contributed by atoms with van der Waals surface area (Å²) in [6, 6.07) is 7.56. The van der Waals surface area contributed by atoms with Gasteiger partial charge in [-0.3, -0.25) is 4.98 Å². The van der Waals surface area contributed by atoms with Crippen molar-refractivity contribution in [3.05, 3.63) is 52.5 Å². The summed E-state index contributed by atoms with van der Waals surface area (Å²) in [5, 5.41) is 13.7. The maximum atomic E-state index is 10.6. The Balaban J connectivity index is 0.000000239. The summed E-state index contributed by atoms with van der Waals surface area (Å²) in [6.07, 6.45) is 1.77. The lowest BCUT2D eigenvalue weighted by Crippen LogP contribution is -2.29. The maximum Gasteiger partial charge on any atom is 0.394 e. The van der Waals surface area contributed by atoms with E-state index in [1.165, 1.54) is 0 Å². The second-order valence-corrected chi connectivity index (χ2v) is 3.51. The first kappa shape index (κ1) is 12.6. The number of benzene rings is 1. The minimum Gasteiger partial charge on any atom is -0.346 e. The van der Waals surface area contributed by atoms with Gasteiger partial charge in [-0.25, -0.2) is 4.79 Å². The number of urea groups is 1. The van der Waals surface area contributed by atoms with E-state index in [4.69, 9.17) is 11.1 Å². The number of hydrogen-bond donors (Lipinski definition) is 1. The number of hydrogen-bond acceptors (Lipinski definition) is 4. The molecule has 0 unspecified atom stereocenters. The quantitative estimate of drug-likeness (QED) is 0.621. The number of diazo groups is 1. The van der Waals surface area contributed by atoms with E-state index in [0.29, 0.717) is 10.7 Å². The standard InChI is InChI=1S/C7H6N4O.C3H3NS/c8-7(12)11(10-9)6-4-2-1-3-5-6;1-2-5-3-4-1/h1-5H,(H-,8,12);1-3H/p+1. The highest BCUT2D eigenvalue weighted by Gasteiger charge is 2.22. The van der Waals surface area contributed by atoms with Gasteiger partial charge < -0.3 is 5.73 Å². The van der Waals surface area contributed by atoms with Crippen molar-refractivity contribution in [2.24, 2.45) is 5.73 Å². The topological polar surface area (TPSA) is 87.4 Å². The molecule has 0 aliphatic heterocycles. The van der Waals surface area contributed by atoms with Crippen molar-refractivity contribution in [2.45, 2.75) is 0 Å². The van der Waals surface area contributed by atoms with Crippen LogP contribution in [0.2, 0.25) is 0 Å². The molecule has 0 fully saturated rings. The van der Waals surface area contributed by atoms with Crippen LogP contribution in [0.5, 0.6) is 0 Å². The second kappa shape index (κ2) is 6.92. The first-order chi connectivity index (χ1) is 8.25. The van der Waals surface area contributed by atoms with Crippen LogP contribution in [0.3, 0.4) is 0 Å². The van der Waals surface area contributed by atoms with Crippen LogP contribution in [-0.4, -0.2) is 11.0 Å². The minimum atomic E-state index is -0.830. The molecule has 6 nitrogen and oxygen atoms in total. The first-order valence-corrected chi connectivity index (χ1v) is 5.51. The third-order valence-corrected chi connectivity index (χ3v) is 2.17. The molecule has 7 heteroatoms. The van der Waals surface area contributed by atoms with Crippen LogP contribution >= 0.6 is 11.3 Å². The number of para-hydroxylation sites is 1. The van der Waals surface area contributed by atoms with Gasteiger partial charge in [0.05, 0.1) is 10.5 Å². The van der Waals surface area contributed by atoms with Gasteiger partial charge in [0.2, 0.25) is 0 Å². The SMILES string of the molecule is N#[N+]N(C(N)=O)c1ccccc1.c1cscn1. The van der Waals surface area contributed by atoms with Crippen molar-refractivity contribution in [3.8, 4) is 0 Å². The number of rotatable bonds is 1. The molecule has 0 atom stereocenters. The van der Waals surface area contributed by atoms with E-state index in [9.17, 15) is 4.79 Å².